The second kappa shape index (κ2) is 3.44. The van der Waals surface area contributed by atoms with Crippen molar-refractivity contribution in [3.63, 3.8) is 0 Å². The highest BCUT2D eigenvalue weighted by Gasteiger charge is 2.08. The monoisotopic (exact) mass is 190 g/mol. The van der Waals surface area contributed by atoms with E-state index in [2.05, 4.69) is 18.0 Å². The summed E-state index contributed by atoms with van der Waals surface area (Å²) in [5, 5.41) is 10.1. The second-order valence-corrected chi connectivity index (χ2v) is 3.55. The predicted octanol–water partition coefficient (Wildman–Crippen LogP) is 1.47. The van der Waals surface area contributed by atoms with Crippen LogP contribution in [0.25, 0.3) is 10.9 Å². The summed E-state index contributed by atoms with van der Waals surface area (Å²) in [6.07, 6.45) is 0. The molecule has 0 saturated carbocycles. The van der Waals surface area contributed by atoms with Crippen molar-refractivity contribution in [1.29, 1.82) is 0 Å². The molecule has 0 amide bonds. The number of fused-ring (bicyclic) bond motifs is 1. The number of nitrogens with one attached hydrogen (secondary N) is 1. The summed E-state index contributed by atoms with van der Waals surface area (Å²) >= 11 is 0. The van der Waals surface area contributed by atoms with Gasteiger partial charge in [0.05, 0.1) is 12.6 Å². The van der Waals surface area contributed by atoms with E-state index in [1.54, 1.807) is 0 Å². The van der Waals surface area contributed by atoms with Crippen LogP contribution < -0.4 is 5.73 Å². The minimum atomic E-state index is -0.318. The third-order valence-electron chi connectivity index (χ3n) is 2.50. The summed E-state index contributed by atoms with van der Waals surface area (Å²) in [6, 6.07) is 7.76. The van der Waals surface area contributed by atoms with Gasteiger partial charge in [-0.15, -0.1) is 0 Å². The fourth-order valence-electron chi connectivity index (χ4n) is 1.63. The molecule has 0 aliphatic carbocycles. The zero-order valence-electron chi connectivity index (χ0n) is 8.12. The van der Waals surface area contributed by atoms with Crippen molar-refractivity contribution < 1.29 is 5.11 Å². The summed E-state index contributed by atoms with van der Waals surface area (Å²) in [5.74, 6) is 0. The summed E-state index contributed by atoms with van der Waals surface area (Å²) < 4.78 is 0. The Balaban J connectivity index is 2.56. The van der Waals surface area contributed by atoms with Gasteiger partial charge in [0.15, 0.2) is 0 Å². The summed E-state index contributed by atoms with van der Waals surface area (Å²) in [7, 11) is 0. The number of benzene rings is 1. The average molecular weight is 190 g/mol. The van der Waals surface area contributed by atoms with Gasteiger partial charge in [-0.25, -0.2) is 0 Å². The third kappa shape index (κ3) is 1.41. The zero-order chi connectivity index (χ0) is 10.1. The summed E-state index contributed by atoms with van der Waals surface area (Å²) in [5.41, 5.74) is 8.90. The van der Waals surface area contributed by atoms with Crippen LogP contribution >= 0.6 is 0 Å². The van der Waals surface area contributed by atoms with Gasteiger partial charge in [0.2, 0.25) is 0 Å². The molecule has 0 bridgehead atoms. The number of H-pyrrole nitrogens is 1. The highest BCUT2D eigenvalue weighted by atomic mass is 16.3. The minimum absolute atomic E-state index is 0.0358. The molecule has 0 spiro atoms. The lowest BCUT2D eigenvalue weighted by atomic mass is 10.1. The van der Waals surface area contributed by atoms with E-state index in [-0.39, 0.29) is 12.6 Å². The molecule has 14 heavy (non-hydrogen) atoms. The molecule has 74 valence electrons. The maximum absolute atomic E-state index is 8.94. The lowest BCUT2D eigenvalue weighted by molar-refractivity contribution is 0.266. The topological polar surface area (TPSA) is 62.0 Å². The Hall–Kier alpha value is -1.32. The first-order valence-corrected chi connectivity index (χ1v) is 4.67. The van der Waals surface area contributed by atoms with E-state index in [1.165, 1.54) is 10.9 Å². The number of hydrogen-bond donors (Lipinski definition) is 3. The van der Waals surface area contributed by atoms with Crippen LogP contribution in [0.2, 0.25) is 0 Å². The molecule has 1 heterocycles. The van der Waals surface area contributed by atoms with E-state index in [1.807, 2.05) is 18.2 Å². The Morgan fingerprint density at radius 1 is 1.50 bits per heavy atom. The Morgan fingerprint density at radius 3 is 2.93 bits per heavy atom. The van der Waals surface area contributed by atoms with Gasteiger partial charge in [0.1, 0.15) is 0 Å². The van der Waals surface area contributed by atoms with Crippen LogP contribution in [-0.2, 0) is 0 Å². The fraction of sp³-hybridized carbons (Fsp3) is 0.273. The highest BCUT2D eigenvalue weighted by molar-refractivity contribution is 5.83. The van der Waals surface area contributed by atoms with Crippen LogP contribution in [0.3, 0.4) is 0 Å². The van der Waals surface area contributed by atoms with Crippen molar-refractivity contribution in [2.24, 2.45) is 5.73 Å². The molecule has 4 N–H and O–H groups in total. The first-order valence-electron chi connectivity index (χ1n) is 4.67. The van der Waals surface area contributed by atoms with Crippen LogP contribution in [0, 0.1) is 6.92 Å². The van der Waals surface area contributed by atoms with Gasteiger partial charge >= 0.3 is 0 Å². The van der Waals surface area contributed by atoms with Gasteiger partial charge in [-0.3, -0.25) is 0 Å². The Morgan fingerprint density at radius 2 is 2.29 bits per heavy atom. The van der Waals surface area contributed by atoms with Gasteiger partial charge < -0.3 is 15.8 Å². The molecule has 2 rings (SSSR count). The lowest BCUT2D eigenvalue weighted by Gasteiger charge is -2.03. The molecular formula is C11H14N2O. The van der Waals surface area contributed by atoms with E-state index in [0.29, 0.717) is 0 Å². The first-order chi connectivity index (χ1) is 6.72. The van der Waals surface area contributed by atoms with E-state index in [0.717, 1.165) is 11.2 Å². The van der Waals surface area contributed by atoms with Gasteiger partial charge in [-0.2, -0.15) is 0 Å². The second-order valence-electron chi connectivity index (χ2n) is 3.55. The third-order valence-corrected chi connectivity index (χ3v) is 2.50. The van der Waals surface area contributed by atoms with Crippen molar-refractivity contribution in [3.8, 4) is 0 Å². The Kier molecular flexibility index (Phi) is 2.27. The number of aliphatic hydroxyl groups is 1. The first kappa shape index (κ1) is 9.24. The van der Waals surface area contributed by atoms with Crippen molar-refractivity contribution >= 4 is 10.9 Å². The molecular weight excluding hydrogens is 176 g/mol. The van der Waals surface area contributed by atoms with Crippen LogP contribution in [0.5, 0.6) is 0 Å². The lowest BCUT2D eigenvalue weighted by Crippen LogP contribution is -2.14. The van der Waals surface area contributed by atoms with E-state index >= 15 is 0 Å². The number of aromatic nitrogens is 1. The smallest absolute Gasteiger partial charge is 0.0683 e. The van der Waals surface area contributed by atoms with E-state index in [9.17, 15) is 0 Å². The van der Waals surface area contributed by atoms with E-state index < -0.39 is 0 Å². The molecule has 1 unspecified atom stereocenters. The number of aromatic amines is 1. The molecule has 3 heteroatoms. The maximum Gasteiger partial charge on any atom is 0.0683 e. The Bertz CT molecular complexity index is 447. The number of aliphatic hydroxyl groups excluding tert-OH is 1. The number of rotatable bonds is 2. The molecule has 1 atom stereocenters. The molecule has 3 nitrogen and oxygen atoms in total. The predicted molar refractivity (Wildman–Crippen MR) is 57.0 cm³/mol. The summed E-state index contributed by atoms with van der Waals surface area (Å²) in [6.45, 7) is 2.02. The van der Waals surface area contributed by atoms with Crippen molar-refractivity contribution in [3.05, 3.63) is 35.5 Å². The van der Waals surface area contributed by atoms with Gasteiger partial charge in [0.25, 0.3) is 0 Å². The van der Waals surface area contributed by atoms with Crippen molar-refractivity contribution in [2.45, 2.75) is 13.0 Å². The standard InChI is InChI=1S/C11H14N2O/c1-7-3-2-4-10-8(7)5-11(13-10)9(12)6-14/h2-5,9,13-14H,6,12H2,1H3. The molecule has 0 aliphatic rings. The largest absolute Gasteiger partial charge is 0.394 e. The minimum Gasteiger partial charge on any atom is -0.394 e. The van der Waals surface area contributed by atoms with Crippen LogP contribution in [0.4, 0.5) is 0 Å². The molecule has 0 saturated heterocycles. The fourth-order valence-corrected chi connectivity index (χ4v) is 1.63. The average Bonchev–Trinajstić information content (AvgIpc) is 2.62. The maximum atomic E-state index is 8.94. The van der Waals surface area contributed by atoms with Crippen molar-refractivity contribution in [2.75, 3.05) is 6.61 Å². The van der Waals surface area contributed by atoms with Crippen molar-refractivity contribution in [1.82, 2.24) is 4.98 Å². The van der Waals surface area contributed by atoms with Crippen LogP contribution in [0.15, 0.2) is 24.3 Å². The molecule has 1 aromatic heterocycles. The van der Waals surface area contributed by atoms with Crippen LogP contribution in [-0.4, -0.2) is 16.7 Å². The normalized spacial score (nSPS) is 13.4. The molecule has 0 fully saturated rings. The Labute approximate surface area is 82.6 Å². The van der Waals surface area contributed by atoms with Crippen LogP contribution in [0.1, 0.15) is 17.3 Å². The van der Waals surface area contributed by atoms with Gasteiger partial charge in [-0.1, -0.05) is 12.1 Å². The van der Waals surface area contributed by atoms with E-state index in [4.69, 9.17) is 10.8 Å². The molecule has 0 aliphatic heterocycles. The molecule has 1 aromatic carbocycles. The SMILES string of the molecule is Cc1cccc2[nH]c(C(N)CO)cc12. The zero-order valence-corrected chi connectivity index (χ0v) is 8.12. The summed E-state index contributed by atoms with van der Waals surface area (Å²) in [4.78, 5) is 3.20. The highest BCUT2D eigenvalue weighted by Crippen LogP contribution is 2.21. The quantitative estimate of drug-likeness (QED) is 0.671. The van der Waals surface area contributed by atoms with Gasteiger partial charge in [0, 0.05) is 16.6 Å². The molecule has 0 radical (unpaired) electrons. The molecule has 2 aromatic rings. The van der Waals surface area contributed by atoms with Gasteiger partial charge in [-0.05, 0) is 24.6 Å². The number of nitrogens with two attached hydrogens (primary N) is 1. The number of aryl methyl sites for hydroxylation is 1. The number of hydrogen-bond acceptors (Lipinski definition) is 2.